The van der Waals surface area contributed by atoms with E-state index in [-0.39, 0.29) is 17.8 Å². The molecule has 1 aliphatic rings. The predicted octanol–water partition coefficient (Wildman–Crippen LogP) is 1.72. The van der Waals surface area contributed by atoms with Crippen molar-refractivity contribution in [2.45, 2.75) is 25.7 Å². The second-order valence-electron chi connectivity index (χ2n) is 3.63. The number of carbonyl (C=O) groups excluding carboxylic acids is 2. The van der Waals surface area contributed by atoms with Gasteiger partial charge >= 0.3 is 5.97 Å². The fourth-order valence-electron chi connectivity index (χ4n) is 1.87. The SMILES string of the molecule is COC(=O)/C=C/C1CCCCC1C=O. The minimum atomic E-state index is -0.347. The van der Waals surface area contributed by atoms with Gasteiger partial charge in [-0.3, -0.25) is 0 Å². The second kappa shape index (κ2) is 5.58. The van der Waals surface area contributed by atoms with Crippen LogP contribution in [0.4, 0.5) is 0 Å². The zero-order valence-corrected chi connectivity index (χ0v) is 8.44. The van der Waals surface area contributed by atoms with Gasteiger partial charge in [0.2, 0.25) is 0 Å². The summed E-state index contributed by atoms with van der Waals surface area (Å²) in [5.41, 5.74) is 0. The summed E-state index contributed by atoms with van der Waals surface area (Å²) in [7, 11) is 1.35. The van der Waals surface area contributed by atoms with Gasteiger partial charge in [0.05, 0.1) is 7.11 Å². The molecule has 2 unspecified atom stereocenters. The van der Waals surface area contributed by atoms with Gasteiger partial charge in [-0.1, -0.05) is 18.9 Å². The molecule has 1 aliphatic carbocycles. The van der Waals surface area contributed by atoms with E-state index in [1.165, 1.54) is 13.2 Å². The molecule has 0 aliphatic heterocycles. The summed E-state index contributed by atoms with van der Waals surface area (Å²) < 4.78 is 4.50. The molecular formula is C11H16O3. The number of allylic oxidation sites excluding steroid dienone is 1. The van der Waals surface area contributed by atoms with Crippen LogP contribution in [-0.2, 0) is 14.3 Å². The number of esters is 1. The van der Waals surface area contributed by atoms with Crippen molar-refractivity contribution in [1.82, 2.24) is 0 Å². The molecule has 0 amide bonds. The Balaban J connectivity index is 2.51. The molecule has 1 rings (SSSR count). The van der Waals surface area contributed by atoms with Crippen LogP contribution in [0, 0.1) is 11.8 Å². The highest BCUT2D eigenvalue weighted by atomic mass is 16.5. The molecule has 0 saturated heterocycles. The van der Waals surface area contributed by atoms with E-state index in [0.29, 0.717) is 0 Å². The maximum absolute atomic E-state index is 10.9. The molecule has 0 heterocycles. The normalized spacial score (nSPS) is 27.5. The zero-order valence-electron chi connectivity index (χ0n) is 8.44. The van der Waals surface area contributed by atoms with Gasteiger partial charge in [0, 0.05) is 12.0 Å². The van der Waals surface area contributed by atoms with Crippen molar-refractivity contribution in [3.05, 3.63) is 12.2 Å². The maximum Gasteiger partial charge on any atom is 0.330 e. The average molecular weight is 196 g/mol. The van der Waals surface area contributed by atoms with Crippen molar-refractivity contribution in [3.63, 3.8) is 0 Å². The van der Waals surface area contributed by atoms with Crippen molar-refractivity contribution in [2.75, 3.05) is 7.11 Å². The summed E-state index contributed by atoms with van der Waals surface area (Å²) >= 11 is 0. The fourth-order valence-corrected chi connectivity index (χ4v) is 1.87. The maximum atomic E-state index is 10.9. The molecule has 0 N–H and O–H groups in total. The van der Waals surface area contributed by atoms with Gasteiger partial charge in [-0.05, 0) is 18.8 Å². The van der Waals surface area contributed by atoms with Gasteiger partial charge in [0.25, 0.3) is 0 Å². The second-order valence-corrected chi connectivity index (χ2v) is 3.63. The Morgan fingerprint density at radius 1 is 1.29 bits per heavy atom. The van der Waals surface area contributed by atoms with Crippen LogP contribution in [0.15, 0.2) is 12.2 Å². The number of aldehydes is 1. The number of hydrogen-bond acceptors (Lipinski definition) is 3. The molecule has 1 saturated carbocycles. The predicted molar refractivity (Wildman–Crippen MR) is 52.7 cm³/mol. The van der Waals surface area contributed by atoms with Crippen LogP contribution in [0.3, 0.4) is 0 Å². The summed E-state index contributed by atoms with van der Waals surface area (Å²) in [6, 6.07) is 0. The van der Waals surface area contributed by atoms with Crippen LogP contribution in [0.5, 0.6) is 0 Å². The highest BCUT2D eigenvalue weighted by Crippen LogP contribution is 2.29. The summed E-state index contributed by atoms with van der Waals surface area (Å²) in [6.07, 6.45) is 8.44. The Morgan fingerprint density at radius 2 is 1.93 bits per heavy atom. The Hall–Kier alpha value is -1.12. The number of rotatable bonds is 3. The molecule has 0 radical (unpaired) electrons. The van der Waals surface area contributed by atoms with Crippen molar-refractivity contribution >= 4 is 12.3 Å². The number of methoxy groups -OCH3 is 1. The highest BCUT2D eigenvalue weighted by Gasteiger charge is 2.22. The Bertz CT molecular complexity index is 233. The van der Waals surface area contributed by atoms with E-state index in [9.17, 15) is 9.59 Å². The molecule has 3 heteroatoms. The van der Waals surface area contributed by atoms with E-state index >= 15 is 0 Å². The smallest absolute Gasteiger partial charge is 0.330 e. The van der Waals surface area contributed by atoms with Gasteiger partial charge in [-0.2, -0.15) is 0 Å². The van der Waals surface area contributed by atoms with Crippen molar-refractivity contribution in [2.24, 2.45) is 11.8 Å². The molecular weight excluding hydrogens is 180 g/mol. The van der Waals surface area contributed by atoms with Crippen LogP contribution in [0.1, 0.15) is 25.7 Å². The summed E-state index contributed by atoms with van der Waals surface area (Å²) in [5, 5.41) is 0. The topological polar surface area (TPSA) is 43.4 Å². The van der Waals surface area contributed by atoms with Gasteiger partial charge in [0.15, 0.2) is 0 Å². The molecule has 14 heavy (non-hydrogen) atoms. The van der Waals surface area contributed by atoms with E-state index in [1.54, 1.807) is 0 Å². The lowest BCUT2D eigenvalue weighted by Crippen LogP contribution is -2.19. The van der Waals surface area contributed by atoms with Crippen LogP contribution in [0.25, 0.3) is 0 Å². The largest absolute Gasteiger partial charge is 0.466 e. The lowest BCUT2D eigenvalue weighted by Gasteiger charge is -2.24. The minimum absolute atomic E-state index is 0.0876. The molecule has 0 aromatic heterocycles. The number of carbonyl (C=O) groups is 2. The lowest BCUT2D eigenvalue weighted by molar-refractivity contribution is -0.134. The number of ether oxygens (including phenoxy) is 1. The fraction of sp³-hybridized carbons (Fsp3) is 0.636. The minimum Gasteiger partial charge on any atom is -0.466 e. The molecule has 3 nitrogen and oxygen atoms in total. The standard InChI is InChI=1S/C11H16O3/c1-14-11(13)7-6-9-4-2-3-5-10(9)8-12/h6-10H,2-5H2,1H3/b7-6+. The molecule has 2 atom stereocenters. The molecule has 0 spiro atoms. The summed E-state index contributed by atoms with van der Waals surface area (Å²) in [5.74, 6) is -0.0368. The summed E-state index contributed by atoms with van der Waals surface area (Å²) in [6.45, 7) is 0. The van der Waals surface area contributed by atoms with Crippen molar-refractivity contribution in [1.29, 1.82) is 0 Å². The quantitative estimate of drug-likeness (QED) is 0.392. The van der Waals surface area contributed by atoms with Crippen molar-refractivity contribution < 1.29 is 14.3 Å². The molecule has 0 aromatic carbocycles. The number of hydrogen-bond donors (Lipinski definition) is 0. The third kappa shape index (κ3) is 2.98. The van der Waals surface area contributed by atoms with Crippen LogP contribution in [-0.4, -0.2) is 19.4 Å². The van der Waals surface area contributed by atoms with Crippen LogP contribution < -0.4 is 0 Å². The van der Waals surface area contributed by atoms with Gasteiger partial charge in [-0.25, -0.2) is 4.79 Å². The third-order valence-corrected chi connectivity index (χ3v) is 2.73. The van der Waals surface area contributed by atoms with E-state index in [0.717, 1.165) is 32.0 Å². The van der Waals surface area contributed by atoms with Crippen LogP contribution in [0.2, 0.25) is 0 Å². The first-order chi connectivity index (χ1) is 6.77. The first-order valence-electron chi connectivity index (χ1n) is 4.99. The van der Waals surface area contributed by atoms with E-state index < -0.39 is 0 Å². The first kappa shape index (κ1) is 11.0. The summed E-state index contributed by atoms with van der Waals surface area (Å²) in [4.78, 5) is 21.6. The Morgan fingerprint density at radius 3 is 2.50 bits per heavy atom. The third-order valence-electron chi connectivity index (χ3n) is 2.73. The van der Waals surface area contributed by atoms with E-state index in [4.69, 9.17) is 0 Å². The van der Waals surface area contributed by atoms with E-state index in [2.05, 4.69) is 4.74 Å². The van der Waals surface area contributed by atoms with E-state index in [1.807, 2.05) is 6.08 Å². The van der Waals surface area contributed by atoms with Crippen LogP contribution >= 0.6 is 0 Å². The van der Waals surface area contributed by atoms with Crippen molar-refractivity contribution in [3.8, 4) is 0 Å². The molecule has 0 aromatic rings. The molecule has 1 fully saturated rings. The van der Waals surface area contributed by atoms with Gasteiger partial charge in [0.1, 0.15) is 6.29 Å². The monoisotopic (exact) mass is 196 g/mol. The zero-order chi connectivity index (χ0) is 10.4. The Labute approximate surface area is 84.1 Å². The highest BCUT2D eigenvalue weighted by molar-refractivity contribution is 5.81. The van der Waals surface area contributed by atoms with Gasteiger partial charge in [-0.15, -0.1) is 0 Å². The molecule has 0 bridgehead atoms. The lowest BCUT2D eigenvalue weighted by atomic mass is 9.80. The Kier molecular flexibility index (Phi) is 4.36. The molecule has 78 valence electrons. The van der Waals surface area contributed by atoms with Gasteiger partial charge < -0.3 is 9.53 Å². The first-order valence-corrected chi connectivity index (χ1v) is 4.99. The average Bonchev–Trinajstić information content (AvgIpc) is 2.26.